The number of ether oxygens (including phenoxy) is 3. The first-order valence-electron chi connectivity index (χ1n) is 27.3. The van der Waals surface area contributed by atoms with Crippen LogP contribution in [0.3, 0.4) is 0 Å². The molecule has 8 aromatic carbocycles. The van der Waals surface area contributed by atoms with Gasteiger partial charge < -0.3 is 14.2 Å². The Morgan fingerprint density at radius 1 is 0.247 bits per heavy atom. The van der Waals surface area contributed by atoms with Gasteiger partial charge in [0.25, 0.3) is 0 Å². The topological polar surface area (TPSA) is 27.7 Å². The van der Waals surface area contributed by atoms with E-state index < -0.39 is 0 Å². The molecule has 0 spiro atoms. The highest BCUT2D eigenvalue weighted by molar-refractivity contribution is 9.24. The van der Waals surface area contributed by atoms with Crippen LogP contribution in [0.2, 0.25) is 0 Å². The molecule has 93 heavy (non-hydrogen) atoms. The second-order valence-electron chi connectivity index (χ2n) is 20.2. The van der Waals surface area contributed by atoms with E-state index in [0.717, 1.165) is 160 Å². The fraction of sp³-hybridized carbons (Fsp3) is 0.171. The van der Waals surface area contributed by atoms with Crippen molar-refractivity contribution in [3.05, 3.63) is 258 Å². The SMILES string of the molecule is COC(C)c1cc(Br)c(/C=C\c2cc(Br)c(/C=C\c3cc(Br)c(C(Br)Br)cc3Br)cc2Br)cc1Br.COC(C)c1cc(Br)c(/C=C\c2cc(Br)c(/C=C\c3cc(Br)c(CBr)cc3Br)cc2Br)cc1Br.COC(C)c1cc(Br)c(/C=C\c2cc(Br)c(CBr)cc2Br)cc1Br. The lowest BCUT2D eigenvalue weighted by Crippen LogP contribution is -1.97. The van der Waals surface area contributed by atoms with Crippen LogP contribution in [0, 0.1) is 0 Å². The molecule has 0 radical (unpaired) electrons. The maximum absolute atomic E-state index is 5.46. The lowest BCUT2D eigenvalue weighted by atomic mass is 10.1. The highest BCUT2D eigenvalue weighted by Crippen LogP contribution is 2.41. The van der Waals surface area contributed by atoms with Crippen LogP contribution in [0.25, 0.3) is 60.8 Å². The van der Waals surface area contributed by atoms with Crippen LogP contribution in [-0.4, -0.2) is 21.3 Å². The molecule has 23 heteroatoms. The molecule has 0 saturated heterocycles. The number of alkyl halides is 4. The summed E-state index contributed by atoms with van der Waals surface area (Å²) >= 11 is 73.0. The summed E-state index contributed by atoms with van der Waals surface area (Å²) in [5, 5.41) is 1.61. The van der Waals surface area contributed by atoms with Crippen molar-refractivity contribution in [1.82, 2.24) is 0 Å². The molecule has 8 rings (SSSR count). The minimum absolute atomic E-state index is 0.00907. The average Bonchev–Trinajstić information content (AvgIpc) is 1.11. The van der Waals surface area contributed by atoms with Gasteiger partial charge in [0.05, 0.1) is 22.0 Å². The van der Waals surface area contributed by atoms with Gasteiger partial charge in [0.1, 0.15) is 0 Å². The quantitative estimate of drug-likeness (QED) is 0.0596. The first kappa shape index (κ1) is 83.9. The predicted molar refractivity (Wildman–Crippen MR) is 472 cm³/mol. The number of methoxy groups -OCH3 is 3. The number of halogens is 20. The van der Waals surface area contributed by atoms with Gasteiger partial charge in [-0.3, -0.25) is 0 Å². The van der Waals surface area contributed by atoms with Crippen LogP contribution in [0.5, 0.6) is 0 Å². The molecule has 0 aliphatic rings. The summed E-state index contributed by atoms with van der Waals surface area (Å²) in [6.45, 7) is 6.09. The van der Waals surface area contributed by atoms with Gasteiger partial charge in [0.2, 0.25) is 0 Å². The van der Waals surface area contributed by atoms with Crippen LogP contribution in [0.4, 0.5) is 0 Å². The van der Waals surface area contributed by atoms with Gasteiger partial charge in [-0.05, 0) is 207 Å². The second-order valence-corrected chi connectivity index (χ2v) is 38.0. The minimum Gasteiger partial charge on any atom is -0.377 e. The molecule has 3 unspecified atom stereocenters. The van der Waals surface area contributed by atoms with Crippen molar-refractivity contribution in [3.8, 4) is 0 Å². The van der Waals surface area contributed by atoms with E-state index in [1.165, 1.54) is 11.1 Å². The Balaban J connectivity index is 0.000000225. The Labute approximate surface area is 714 Å². The summed E-state index contributed by atoms with van der Waals surface area (Å²) in [5.74, 6) is 0. The summed E-state index contributed by atoms with van der Waals surface area (Å²) < 4.78 is 32.9. The molecule has 3 nitrogen and oxygen atoms in total. The van der Waals surface area contributed by atoms with Crippen molar-refractivity contribution in [2.75, 3.05) is 21.3 Å². The second kappa shape index (κ2) is 40.8. The number of hydrogen-bond donors (Lipinski definition) is 0. The Morgan fingerprint density at radius 2 is 0.409 bits per heavy atom. The highest BCUT2D eigenvalue weighted by Gasteiger charge is 2.17. The molecule has 3 atom stereocenters. The van der Waals surface area contributed by atoms with Gasteiger partial charge in [-0.1, -0.05) is 379 Å². The Hall–Kier alpha value is 1.94. The highest BCUT2D eigenvalue weighted by atomic mass is 79.9. The Morgan fingerprint density at radius 3 is 0.602 bits per heavy atom. The first-order chi connectivity index (χ1) is 44.0. The molecule has 0 N–H and O–H groups in total. The molecule has 0 aromatic heterocycles. The number of rotatable bonds is 19. The zero-order chi connectivity index (χ0) is 68.7. The predicted octanol–water partition coefficient (Wildman–Crippen LogP) is 33.8. The smallest absolute Gasteiger partial charge is 0.0957 e. The third kappa shape index (κ3) is 24.3. The van der Waals surface area contributed by atoms with Crippen molar-refractivity contribution < 1.29 is 14.2 Å². The van der Waals surface area contributed by atoms with E-state index in [-0.39, 0.29) is 22.0 Å². The van der Waals surface area contributed by atoms with Crippen molar-refractivity contribution >= 4 is 379 Å². The van der Waals surface area contributed by atoms with Gasteiger partial charge in [-0.25, -0.2) is 0 Å². The van der Waals surface area contributed by atoms with E-state index in [2.05, 4.69) is 476 Å². The molecular formula is C70H52Br20O3. The monoisotopic (exact) mass is 2520 g/mol. The minimum atomic E-state index is 0.00907. The molecule has 0 bridgehead atoms. The van der Waals surface area contributed by atoms with E-state index in [1.54, 1.807) is 21.3 Å². The van der Waals surface area contributed by atoms with Gasteiger partial charge in [-0.2, -0.15) is 0 Å². The van der Waals surface area contributed by atoms with E-state index in [1.807, 2.05) is 20.8 Å². The van der Waals surface area contributed by atoms with Crippen LogP contribution < -0.4 is 0 Å². The standard InChI is InChI=1S/C26H18Br8O.C26H19Br7O.C18H15Br5O/c1-13(35-2)18-11-22(29)16(9-24(18)31)5-3-14-7-21(28)15(8-20(14)27)4-6-17-10-25(32)19(26(33)34)12-23(17)30;1-14(34-2)20-12-25(32)18(10-26(20)33)6-5-16-8-21(28)15(7-22(16)29)3-4-17-9-24(31)19(13-27)11-23(17)30;1-10(24-2)14-8-17(22)12(6-18(14)23)4-3-11-5-16(21)13(9-19)7-15(11)20/h3-13,26H,1-2H3;3-12,14H,13H2,1-2H3;3-8,10H,9H2,1-2H3/b5-3-,6-4-;4-3-,6-5-;4-3-. The fourth-order valence-corrected chi connectivity index (χ4v) is 20.2. The van der Waals surface area contributed by atoms with E-state index in [0.29, 0.717) is 0 Å². The van der Waals surface area contributed by atoms with Crippen molar-refractivity contribution in [1.29, 1.82) is 0 Å². The molecule has 0 saturated carbocycles. The molecule has 0 amide bonds. The van der Waals surface area contributed by atoms with Gasteiger partial charge in [0.15, 0.2) is 0 Å². The Bertz CT molecular complexity index is 4160. The number of hydrogen-bond acceptors (Lipinski definition) is 3. The molecule has 490 valence electrons. The summed E-state index contributed by atoms with van der Waals surface area (Å²) in [6.07, 6.45) is 21.0. The largest absolute Gasteiger partial charge is 0.377 e. The van der Waals surface area contributed by atoms with Crippen LogP contribution in [0.15, 0.2) is 169 Å². The summed E-state index contributed by atoms with van der Waals surface area (Å²) in [6, 6.07) is 33.7. The number of benzene rings is 8. The molecule has 0 aliphatic carbocycles. The zero-order valence-electron chi connectivity index (χ0n) is 49.5. The lowest BCUT2D eigenvalue weighted by Gasteiger charge is -2.14. The fourth-order valence-electron chi connectivity index (χ4n) is 8.54. The van der Waals surface area contributed by atoms with Crippen molar-refractivity contribution in [2.24, 2.45) is 0 Å². The molecular weight excluding hydrogens is 2490 g/mol. The normalized spacial score (nSPS) is 12.8. The third-order valence-electron chi connectivity index (χ3n) is 14.1. The van der Waals surface area contributed by atoms with Crippen molar-refractivity contribution in [2.45, 2.75) is 53.5 Å². The Kier molecular flexibility index (Phi) is 36.8. The van der Waals surface area contributed by atoms with Crippen LogP contribution in [-0.2, 0) is 24.9 Å². The van der Waals surface area contributed by atoms with Gasteiger partial charge >= 0.3 is 0 Å². The lowest BCUT2D eigenvalue weighted by molar-refractivity contribution is 0.119. The van der Waals surface area contributed by atoms with Crippen molar-refractivity contribution in [3.63, 3.8) is 0 Å². The summed E-state index contributed by atoms with van der Waals surface area (Å²) in [7, 11) is 5.14. The first-order valence-corrected chi connectivity index (χ1v) is 44.1. The molecule has 0 fully saturated rings. The zero-order valence-corrected chi connectivity index (χ0v) is 81.2. The maximum atomic E-state index is 5.46. The molecule has 8 aromatic rings. The van der Waals surface area contributed by atoms with Gasteiger partial charge in [0, 0.05) is 104 Å². The summed E-state index contributed by atoms with van der Waals surface area (Å²) in [5.41, 5.74) is 17.7. The van der Waals surface area contributed by atoms with Crippen LogP contribution in [0.1, 0.15) is 132 Å². The molecule has 0 heterocycles. The van der Waals surface area contributed by atoms with Crippen LogP contribution >= 0.6 is 319 Å². The average molecular weight is 2540 g/mol. The summed E-state index contributed by atoms with van der Waals surface area (Å²) in [4.78, 5) is 0. The van der Waals surface area contributed by atoms with E-state index >= 15 is 0 Å². The van der Waals surface area contributed by atoms with E-state index in [9.17, 15) is 0 Å². The maximum Gasteiger partial charge on any atom is 0.0957 e. The third-order valence-corrected chi connectivity index (χ3v) is 27.4. The molecule has 0 aliphatic heterocycles. The van der Waals surface area contributed by atoms with E-state index in [4.69, 9.17) is 14.2 Å². The van der Waals surface area contributed by atoms with Gasteiger partial charge in [-0.15, -0.1) is 0 Å².